The fourth-order valence-corrected chi connectivity index (χ4v) is 4.93. The Balaban J connectivity index is 1.89. The largest absolute Gasteiger partial charge is 0.325 e. The predicted octanol–water partition coefficient (Wildman–Crippen LogP) is 4.87. The Morgan fingerprint density at radius 3 is 2.81 bits per heavy atom. The second-order valence-electron chi connectivity index (χ2n) is 6.17. The van der Waals surface area contributed by atoms with Crippen molar-refractivity contribution in [1.82, 2.24) is 9.55 Å². The molecule has 1 unspecified atom stereocenters. The van der Waals surface area contributed by atoms with Crippen LogP contribution in [-0.2, 0) is 11.3 Å². The van der Waals surface area contributed by atoms with E-state index in [0.717, 1.165) is 15.3 Å². The minimum Gasteiger partial charge on any atom is -0.325 e. The number of rotatable bonds is 5. The molecule has 1 N–H and O–H groups in total. The molecule has 0 aliphatic heterocycles. The summed E-state index contributed by atoms with van der Waals surface area (Å²) in [6, 6.07) is 7.01. The van der Waals surface area contributed by atoms with E-state index in [-0.39, 0.29) is 11.5 Å². The summed E-state index contributed by atoms with van der Waals surface area (Å²) in [4.78, 5) is 31.9. The van der Waals surface area contributed by atoms with E-state index in [9.17, 15) is 9.59 Å². The van der Waals surface area contributed by atoms with Crippen LogP contribution >= 0.6 is 34.7 Å². The van der Waals surface area contributed by atoms with Gasteiger partial charge in [-0.1, -0.05) is 29.4 Å². The molecule has 0 fully saturated rings. The Hall–Kier alpha value is -1.83. The number of aromatic nitrogens is 2. The van der Waals surface area contributed by atoms with E-state index in [0.29, 0.717) is 27.8 Å². The van der Waals surface area contributed by atoms with Crippen LogP contribution in [0.2, 0.25) is 5.02 Å². The first-order valence-electron chi connectivity index (χ1n) is 8.55. The molecule has 27 heavy (non-hydrogen) atoms. The number of nitrogens with zero attached hydrogens (tertiary/aromatic N) is 2. The molecule has 0 saturated carbocycles. The summed E-state index contributed by atoms with van der Waals surface area (Å²) < 4.78 is 1.63. The maximum Gasteiger partial charge on any atom is 0.263 e. The number of benzene rings is 1. The van der Waals surface area contributed by atoms with Gasteiger partial charge in [-0.3, -0.25) is 14.2 Å². The van der Waals surface area contributed by atoms with Gasteiger partial charge in [-0.25, -0.2) is 4.98 Å². The summed E-state index contributed by atoms with van der Waals surface area (Å²) in [6.45, 7) is 8.15. The molecule has 3 aromatic rings. The van der Waals surface area contributed by atoms with Crippen molar-refractivity contribution in [2.75, 3.05) is 5.32 Å². The number of aryl methyl sites for hydroxylation is 2. The van der Waals surface area contributed by atoms with Gasteiger partial charge in [-0.15, -0.1) is 11.3 Å². The zero-order valence-corrected chi connectivity index (χ0v) is 17.9. The summed E-state index contributed by atoms with van der Waals surface area (Å²) in [5.41, 5.74) is 1.58. The molecular weight excluding hydrogens is 402 g/mol. The van der Waals surface area contributed by atoms with Gasteiger partial charge >= 0.3 is 0 Å². The van der Waals surface area contributed by atoms with Crippen molar-refractivity contribution < 1.29 is 4.79 Å². The Morgan fingerprint density at radius 1 is 1.41 bits per heavy atom. The maximum atomic E-state index is 12.9. The highest BCUT2D eigenvalue weighted by atomic mass is 35.5. The monoisotopic (exact) mass is 421 g/mol. The molecule has 0 aliphatic rings. The average Bonchev–Trinajstić information content (AvgIpc) is 2.89. The van der Waals surface area contributed by atoms with Crippen molar-refractivity contribution in [2.45, 2.75) is 44.6 Å². The minimum absolute atomic E-state index is 0.0469. The summed E-state index contributed by atoms with van der Waals surface area (Å²) in [5.74, 6) is -0.169. The Bertz CT molecular complexity index is 1070. The number of thiophene rings is 1. The summed E-state index contributed by atoms with van der Waals surface area (Å²) in [5, 5.41) is 4.22. The van der Waals surface area contributed by atoms with E-state index in [4.69, 9.17) is 11.6 Å². The first-order chi connectivity index (χ1) is 12.8. The third-order valence-electron chi connectivity index (χ3n) is 4.31. The highest BCUT2D eigenvalue weighted by Gasteiger charge is 2.21. The highest BCUT2D eigenvalue weighted by Crippen LogP contribution is 2.30. The molecule has 1 atom stereocenters. The van der Waals surface area contributed by atoms with Crippen molar-refractivity contribution >= 4 is 56.5 Å². The average molecular weight is 422 g/mol. The van der Waals surface area contributed by atoms with Crippen LogP contribution in [0.25, 0.3) is 10.2 Å². The lowest BCUT2D eigenvalue weighted by Gasteiger charge is -2.15. The number of fused-ring (bicyclic) bond motifs is 1. The highest BCUT2D eigenvalue weighted by molar-refractivity contribution is 8.00. The molecular formula is C19H20ClN3O2S2. The molecule has 2 heterocycles. The molecule has 1 amide bonds. The van der Waals surface area contributed by atoms with Crippen LogP contribution in [-0.4, -0.2) is 20.7 Å². The van der Waals surface area contributed by atoms with Gasteiger partial charge in [0.15, 0.2) is 5.16 Å². The van der Waals surface area contributed by atoms with Gasteiger partial charge in [0, 0.05) is 22.1 Å². The van der Waals surface area contributed by atoms with Crippen LogP contribution in [0, 0.1) is 13.8 Å². The Morgan fingerprint density at radius 2 is 2.15 bits per heavy atom. The number of halogens is 1. The molecule has 0 radical (unpaired) electrons. The quantitative estimate of drug-likeness (QED) is 0.471. The van der Waals surface area contributed by atoms with Gasteiger partial charge in [-0.05, 0) is 51.5 Å². The van der Waals surface area contributed by atoms with E-state index in [1.165, 1.54) is 23.1 Å². The van der Waals surface area contributed by atoms with E-state index >= 15 is 0 Å². The molecule has 0 spiro atoms. The van der Waals surface area contributed by atoms with Crippen molar-refractivity contribution in [3.8, 4) is 0 Å². The standard InChI is InChI=1S/C19H20ClN3O2S2/c1-5-23-18(25)15-10(2)11(3)26-17(15)22-19(23)27-12(4)16(24)21-14-8-6-7-13(20)9-14/h6-9,12H,5H2,1-4H3,(H,21,24). The molecule has 0 aliphatic carbocycles. The predicted molar refractivity (Wildman–Crippen MR) is 114 cm³/mol. The lowest BCUT2D eigenvalue weighted by atomic mass is 10.2. The van der Waals surface area contributed by atoms with Crippen LogP contribution in [0.3, 0.4) is 0 Å². The van der Waals surface area contributed by atoms with Gasteiger partial charge in [0.05, 0.1) is 10.6 Å². The van der Waals surface area contributed by atoms with Crippen molar-refractivity contribution in [1.29, 1.82) is 0 Å². The fourth-order valence-electron chi connectivity index (χ4n) is 2.70. The lowest BCUT2D eigenvalue weighted by Crippen LogP contribution is -2.26. The molecule has 142 valence electrons. The lowest BCUT2D eigenvalue weighted by molar-refractivity contribution is -0.115. The van der Waals surface area contributed by atoms with Crippen LogP contribution in [0.15, 0.2) is 34.2 Å². The topological polar surface area (TPSA) is 64.0 Å². The number of anilines is 1. The zero-order valence-electron chi connectivity index (χ0n) is 15.5. The first kappa shape index (κ1) is 19.9. The normalized spacial score (nSPS) is 12.3. The Labute approximate surface area is 170 Å². The van der Waals surface area contributed by atoms with Crippen LogP contribution in [0.4, 0.5) is 5.69 Å². The van der Waals surface area contributed by atoms with E-state index in [2.05, 4.69) is 10.3 Å². The molecule has 0 saturated heterocycles. The number of carbonyl (C=O) groups excluding carboxylic acids is 1. The molecule has 0 bridgehead atoms. The van der Waals surface area contributed by atoms with Gasteiger partial charge in [0.25, 0.3) is 5.56 Å². The number of thioether (sulfide) groups is 1. The van der Waals surface area contributed by atoms with Crippen molar-refractivity contribution in [3.63, 3.8) is 0 Å². The van der Waals surface area contributed by atoms with Gasteiger partial charge in [-0.2, -0.15) is 0 Å². The van der Waals surface area contributed by atoms with Crippen LogP contribution in [0.1, 0.15) is 24.3 Å². The number of amides is 1. The van der Waals surface area contributed by atoms with Crippen LogP contribution in [0.5, 0.6) is 0 Å². The molecule has 2 aromatic heterocycles. The van der Waals surface area contributed by atoms with Gasteiger partial charge < -0.3 is 5.32 Å². The van der Waals surface area contributed by atoms with Gasteiger partial charge in [0.2, 0.25) is 5.91 Å². The minimum atomic E-state index is -0.423. The summed E-state index contributed by atoms with van der Waals surface area (Å²) in [7, 11) is 0. The number of carbonyl (C=O) groups is 1. The third kappa shape index (κ3) is 4.05. The van der Waals surface area contributed by atoms with Crippen molar-refractivity contribution in [2.24, 2.45) is 0 Å². The fraction of sp³-hybridized carbons (Fsp3) is 0.316. The van der Waals surface area contributed by atoms with E-state index in [1.807, 2.05) is 20.8 Å². The number of hydrogen-bond acceptors (Lipinski definition) is 5. The molecule has 8 heteroatoms. The molecule has 3 rings (SSSR count). The number of hydrogen-bond donors (Lipinski definition) is 1. The van der Waals surface area contributed by atoms with E-state index < -0.39 is 5.25 Å². The molecule has 1 aromatic carbocycles. The van der Waals surface area contributed by atoms with Crippen LogP contribution < -0.4 is 10.9 Å². The van der Waals surface area contributed by atoms with E-state index in [1.54, 1.807) is 35.8 Å². The second kappa shape index (κ2) is 8.04. The van der Waals surface area contributed by atoms with Crippen molar-refractivity contribution in [3.05, 3.63) is 50.1 Å². The second-order valence-corrected chi connectivity index (χ2v) is 9.11. The summed E-state index contributed by atoms with van der Waals surface area (Å²) in [6.07, 6.45) is 0. The first-order valence-corrected chi connectivity index (χ1v) is 10.6. The Kier molecular flexibility index (Phi) is 5.93. The maximum absolute atomic E-state index is 12.9. The van der Waals surface area contributed by atoms with Gasteiger partial charge in [0.1, 0.15) is 4.83 Å². The summed E-state index contributed by atoms with van der Waals surface area (Å²) >= 11 is 8.76. The smallest absolute Gasteiger partial charge is 0.263 e. The molecule has 5 nitrogen and oxygen atoms in total. The third-order valence-corrected chi connectivity index (χ3v) is 6.74. The SMILES string of the molecule is CCn1c(SC(C)C(=O)Nc2cccc(Cl)c2)nc2sc(C)c(C)c2c1=O. The zero-order chi connectivity index (χ0) is 19.7. The number of nitrogens with one attached hydrogen (secondary N) is 1.